The smallest absolute Gasteiger partial charge is 0.406 e. The number of alkyl halides is 3. The van der Waals surface area contributed by atoms with Crippen LogP contribution in [0.1, 0.15) is 35.1 Å². The van der Waals surface area contributed by atoms with Crippen LogP contribution in [0.4, 0.5) is 23.7 Å². The molecule has 1 N–H and O–H groups in total. The highest BCUT2D eigenvalue weighted by Crippen LogP contribution is 2.32. The Labute approximate surface area is 252 Å². The fourth-order valence-electron chi connectivity index (χ4n) is 5.07. The van der Waals surface area contributed by atoms with Crippen LogP contribution in [0.15, 0.2) is 72.0 Å². The van der Waals surface area contributed by atoms with Crippen LogP contribution in [0.2, 0.25) is 0 Å². The van der Waals surface area contributed by atoms with E-state index in [1.54, 1.807) is 11.8 Å². The summed E-state index contributed by atoms with van der Waals surface area (Å²) in [6, 6.07) is 17.0. The lowest BCUT2D eigenvalue weighted by Gasteiger charge is -2.23. The van der Waals surface area contributed by atoms with Gasteiger partial charge in [-0.2, -0.15) is 4.99 Å². The van der Waals surface area contributed by atoms with E-state index >= 15 is 0 Å². The van der Waals surface area contributed by atoms with Gasteiger partial charge in [0, 0.05) is 30.1 Å². The molecule has 0 saturated carbocycles. The summed E-state index contributed by atoms with van der Waals surface area (Å²) in [5.74, 6) is 1.07. The van der Waals surface area contributed by atoms with Crippen molar-refractivity contribution < 1.29 is 22.7 Å². The number of aliphatic imine (C=N–C) groups is 1. The van der Waals surface area contributed by atoms with Gasteiger partial charge < -0.3 is 15.0 Å². The number of ether oxygens (including phenoxy) is 1. The zero-order valence-corrected chi connectivity index (χ0v) is 25.0. The maximum atomic E-state index is 12.8. The number of rotatable bonds is 7. The lowest BCUT2D eigenvalue weighted by Crippen LogP contribution is -2.30. The SMILES string of the molecule is Cc1cc(C)c(N2CCS/C2=N\C(=O)NCC(C)c2ccc(-c3ncn(-c4ccc(OC(F)(F)F)cc4)n3)cc2)c(C)c1. The number of thioether (sulfide) groups is 1. The van der Waals surface area contributed by atoms with Gasteiger partial charge in [-0.15, -0.1) is 18.3 Å². The minimum Gasteiger partial charge on any atom is -0.406 e. The normalized spacial score (nSPS) is 15.1. The van der Waals surface area contributed by atoms with E-state index in [4.69, 9.17) is 0 Å². The number of amides is 2. The number of benzene rings is 3. The van der Waals surface area contributed by atoms with Gasteiger partial charge in [0.1, 0.15) is 12.1 Å². The molecule has 1 atom stereocenters. The molecule has 1 fully saturated rings. The first-order valence-electron chi connectivity index (χ1n) is 13.7. The van der Waals surface area contributed by atoms with Crippen LogP contribution in [0.5, 0.6) is 5.75 Å². The molecule has 0 radical (unpaired) electrons. The molecule has 1 saturated heterocycles. The molecule has 2 amide bonds. The number of carbonyl (C=O) groups excluding carboxylic acids is 1. The molecule has 12 heteroatoms. The van der Waals surface area contributed by atoms with Crippen LogP contribution in [0.3, 0.4) is 0 Å². The summed E-state index contributed by atoms with van der Waals surface area (Å²) in [6.45, 7) is 9.50. The van der Waals surface area contributed by atoms with Gasteiger partial charge in [0.05, 0.1) is 5.69 Å². The van der Waals surface area contributed by atoms with E-state index in [9.17, 15) is 18.0 Å². The summed E-state index contributed by atoms with van der Waals surface area (Å²) >= 11 is 1.58. The van der Waals surface area contributed by atoms with Gasteiger partial charge in [-0.25, -0.2) is 14.5 Å². The average molecular weight is 609 g/mol. The summed E-state index contributed by atoms with van der Waals surface area (Å²) < 4.78 is 42.6. The number of hydrogen-bond donors (Lipinski definition) is 1. The number of nitrogens with one attached hydrogen (secondary N) is 1. The van der Waals surface area contributed by atoms with E-state index in [1.165, 1.54) is 52.0 Å². The molecular formula is C31H31F3N6O2S. The molecule has 4 aromatic rings. The first kappa shape index (κ1) is 30.1. The van der Waals surface area contributed by atoms with Crippen LogP contribution in [0, 0.1) is 20.8 Å². The lowest BCUT2D eigenvalue weighted by molar-refractivity contribution is -0.274. The zero-order valence-electron chi connectivity index (χ0n) is 24.1. The quantitative estimate of drug-likeness (QED) is 0.239. The number of hydrogen-bond acceptors (Lipinski definition) is 5. The Bertz CT molecular complexity index is 1610. The molecule has 1 unspecified atom stereocenters. The number of aryl methyl sites for hydroxylation is 3. The van der Waals surface area contributed by atoms with Crippen molar-refractivity contribution in [1.29, 1.82) is 0 Å². The summed E-state index contributed by atoms with van der Waals surface area (Å²) in [7, 11) is 0. The Kier molecular flexibility index (Phi) is 8.77. The van der Waals surface area contributed by atoms with Gasteiger partial charge in [0.2, 0.25) is 0 Å². The van der Waals surface area contributed by atoms with E-state index in [0.717, 1.165) is 29.1 Å². The topological polar surface area (TPSA) is 84.6 Å². The third kappa shape index (κ3) is 7.37. The molecule has 0 aliphatic carbocycles. The van der Waals surface area contributed by atoms with Crippen molar-refractivity contribution in [3.8, 4) is 22.8 Å². The van der Waals surface area contributed by atoms with Crippen molar-refractivity contribution in [2.24, 2.45) is 4.99 Å². The monoisotopic (exact) mass is 608 g/mol. The largest absolute Gasteiger partial charge is 0.573 e. The summed E-state index contributed by atoms with van der Waals surface area (Å²) in [5, 5.41) is 8.09. The molecule has 43 heavy (non-hydrogen) atoms. The minimum atomic E-state index is -4.75. The molecule has 8 nitrogen and oxygen atoms in total. The molecule has 1 aliphatic heterocycles. The Morgan fingerprint density at radius 3 is 2.40 bits per heavy atom. The molecule has 3 aromatic carbocycles. The number of urea groups is 1. The number of aromatic nitrogens is 3. The number of amidine groups is 1. The highest BCUT2D eigenvalue weighted by atomic mass is 32.2. The van der Waals surface area contributed by atoms with Gasteiger partial charge in [-0.3, -0.25) is 0 Å². The highest BCUT2D eigenvalue weighted by Gasteiger charge is 2.31. The Morgan fingerprint density at radius 2 is 1.74 bits per heavy atom. The van der Waals surface area contributed by atoms with Crippen LogP contribution in [-0.2, 0) is 0 Å². The number of anilines is 1. The van der Waals surface area contributed by atoms with Crippen LogP contribution in [0.25, 0.3) is 17.1 Å². The average Bonchev–Trinajstić information content (AvgIpc) is 3.61. The second kappa shape index (κ2) is 12.5. The van der Waals surface area contributed by atoms with E-state index in [1.807, 2.05) is 31.2 Å². The maximum Gasteiger partial charge on any atom is 0.573 e. The fourth-order valence-corrected chi connectivity index (χ4v) is 6.01. The standard InChI is InChI=1S/C31H31F3N6O2S/c1-19-15-20(2)27(21(3)16-19)39-13-14-43-30(39)37-29(41)35-17-22(4)23-5-7-24(8-6-23)28-36-18-40(38-28)25-9-11-26(12-10-25)42-31(32,33)34/h5-12,15-16,18,22H,13-14,17H2,1-4H3,(H,35,41)/b37-30-. The van der Waals surface area contributed by atoms with Gasteiger partial charge >= 0.3 is 12.4 Å². The van der Waals surface area contributed by atoms with Gasteiger partial charge in [-0.1, -0.05) is 60.6 Å². The molecule has 1 aromatic heterocycles. The van der Waals surface area contributed by atoms with Crippen molar-refractivity contribution in [3.05, 3.63) is 89.2 Å². The molecule has 0 spiro atoms. The summed E-state index contributed by atoms with van der Waals surface area (Å²) in [5.41, 5.74) is 7.01. The van der Waals surface area contributed by atoms with E-state index < -0.39 is 6.36 Å². The maximum absolute atomic E-state index is 12.8. The minimum absolute atomic E-state index is 0.0371. The molecule has 0 bridgehead atoms. The van der Waals surface area contributed by atoms with Crippen molar-refractivity contribution in [2.45, 2.75) is 40.0 Å². The first-order chi connectivity index (χ1) is 20.5. The predicted octanol–water partition coefficient (Wildman–Crippen LogP) is 7.18. The Morgan fingerprint density at radius 1 is 1.07 bits per heavy atom. The Hall–Kier alpha value is -4.32. The second-order valence-electron chi connectivity index (χ2n) is 10.4. The van der Waals surface area contributed by atoms with E-state index in [-0.39, 0.29) is 17.7 Å². The molecule has 5 rings (SSSR count). The number of carbonyl (C=O) groups is 1. The van der Waals surface area contributed by atoms with Gasteiger partial charge in [0.25, 0.3) is 0 Å². The van der Waals surface area contributed by atoms with Crippen molar-refractivity contribution in [1.82, 2.24) is 20.1 Å². The molecule has 224 valence electrons. The third-order valence-electron chi connectivity index (χ3n) is 7.00. The molecule has 2 heterocycles. The number of nitrogens with zero attached hydrogens (tertiary/aromatic N) is 5. The van der Waals surface area contributed by atoms with Gasteiger partial charge in [0.15, 0.2) is 11.0 Å². The second-order valence-corrected chi connectivity index (χ2v) is 11.5. The van der Waals surface area contributed by atoms with Crippen molar-refractivity contribution in [2.75, 3.05) is 23.7 Å². The first-order valence-corrected chi connectivity index (χ1v) is 14.7. The Balaban J connectivity index is 1.18. The van der Waals surface area contributed by atoms with E-state index in [0.29, 0.717) is 23.2 Å². The van der Waals surface area contributed by atoms with Crippen LogP contribution < -0.4 is 15.0 Å². The van der Waals surface area contributed by atoms with Crippen LogP contribution >= 0.6 is 11.8 Å². The van der Waals surface area contributed by atoms with Crippen LogP contribution in [-0.4, -0.2) is 51.2 Å². The zero-order chi connectivity index (χ0) is 30.7. The predicted molar refractivity (Wildman–Crippen MR) is 163 cm³/mol. The molecular weight excluding hydrogens is 577 g/mol. The van der Waals surface area contributed by atoms with Crippen molar-refractivity contribution >= 4 is 28.6 Å². The lowest BCUT2D eigenvalue weighted by atomic mass is 10.00. The highest BCUT2D eigenvalue weighted by molar-refractivity contribution is 8.14. The fraction of sp³-hybridized carbons (Fsp3) is 0.290. The number of halogens is 3. The molecule has 1 aliphatic rings. The summed E-state index contributed by atoms with van der Waals surface area (Å²) in [6.07, 6.45) is -3.25. The van der Waals surface area contributed by atoms with Gasteiger partial charge in [-0.05, 0) is 67.6 Å². The van der Waals surface area contributed by atoms with Crippen molar-refractivity contribution in [3.63, 3.8) is 0 Å². The third-order valence-corrected chi connectivity index (χ3v) is 7.96. The van der Waals surface area contributed by atoms with E-state index in [2.05, 4.69) is 62.9 Å². The summed E-state index contributed by atoms with van der Waals surface area (Å²) in [4.78, 5) is 23.6.